The molecule has 0 N–H and O–H groups in total. The van der Waals surface area contributed by atoms with E-state index in [2.05, 4.69) is 41.5 Å². The summed E-state index contributed by atoms with van der Waals surface area (Å²) in [5.41, 5.74) is 0. The molecule has 0 radical (unpaired) electrons. The molecular weight excluding hydrogens is 433 g/mol. The monoisotopic (exact) mass is 490 g/mol. The molecule has 0 atom stereocenters. The third-order valence-electron chi connectivity index (χ3n) is 7.18. The van der Waals surface area contributed by atoms with Crippen molar-refractivity contribution in [1.82, 2.24) is 0 Å². The Kier molecular flexibility index (Phi) is 17.7. The molecule has 0 saturated heterocycles. The summed E-state index contributed by atoms with van der Waals surface area (Å²) in [4.78, 5) is 0. The molecular formula is C24H54Ge2. The van der Waals surface area contributed by atoms with Gasteiger partial charge in [-0.3, -0.25) is 0 Å². The first-order valence-corrected chi connectivity index (χ1v) is 28.0. The second kappa shape index (κ2) is 17.0. The Hall–Kier alpha value is 1.09. The van der Waals surface area contributed by atoms with E-state index >= 15 is 0 Å². The maximum absolute atomic E-state index is 2.45. The second-order valence-corrected chi connectivity index (χ2v) is 49.3. The summed E-state index contributed by atoms with van der Waals surface area (Å²) >= 11 is -3.43. The van der Waals surface area contributed by atoms with Crippen molar-refractivity contribution in [2.45, 2.75) is 150 Å². The van der Waals surface area contributed by atoms with Gasteiger partial charge >= 0.3 is 173 Å². The van der Waals surface area contributed by atoms with E-state index in [0.717, 1.165) is 0 Å². The van der Waals surface area contributed by atoms with E-state index in [-0.39, 0.29) is 0 Å². The van der Waals surface area contributed by atoms with Crippen LogP contribution in [0.5, 0.6) is 0 Å². The molecule has 0 aromatic carbocycles. The molecule has 0 bridgehead atoms. The van der Waals surface area contributed by atoms with Gasteiger partial charge in [-0.05, 0) is 0 Å². The Bertz CT molecular complexity index is 227. The van der Waals surface area contributed by atoms with Crippen LogP contribution in [0.2, 0.25) is 31.5 Å². The predicted molar refractivity (Wildman–Crippen MR) is 130 cm³/mol. The minimum absolute atomic E-state index is 1.44. The average Bonchev–Trinajstić information content (AvgIpc) is 2.67. The zero-order valence-electron chi connectivity index (χ0n) is 19.7. The van der Waals surface area contributed by atoms with Gasteiger partial charge in [-0.1, -0.05) is 0 Å². The maximum atomic E-state index is 2.45. The topological polar surface area (TPSA) is 0 Å². The van der Waals surface area contributed by atoms with Crippen molar-refractivity contribution in [2.24, 2.45) is 0 Å². The summed E-state index contributed by atoms with van der Waals surface area (Å²) in [6.07, 6.45) is 18.1. The van der Waals surface area contributed by atoms with Crippen LogP contribution in [0, 0.1) is 0 Å². The fourth-order valence-electron chi connectivity index (χ4n) is 5.43. The van der Waals surface area contributed by atoms with Crippen LogP contribution in [-0.4, -0.2) is 22.6 Å². The molecule has 158 valence electrons. The first-order chi connectivity index (χ1) is 12.6. The fourth-order valence-corrected chi connectivity index (χ4v) is 74.5. The van der Waals surface area contributed by atoms with Gasteiger partial charge in [-0.2, -0.15) is 0 Å². The predicted octanol–water partition coefficient (Wildman–Crippen LogP) is 9.76. The van der Waals surface area contributed by atoms with E-state index < -0.39 is 22.6 Å². The molecule has 0 rings (SSSR count). The molecule has 0 aliphatic rings. The number of hydrogen-bond donors (Lipinski definition) is 0. The minimum atomic E-state index is -1.72. The van der Waals surface area contributed by atoms with Crippen LogP contribution >= 0.6 is 0 Å². The molecule has 0 amide bonds. The van der Waals surface area contributed by atoms with Crippen LogP contribution in [0.3, 0.4) is 0 Å². The molecule has 0 aromatic rings. The van der Waals surface area contributed by atoms with Crippen molar-refractivity contribution in [2.75, 3.05) is 0 Å². The van der Waals surface area contributed by atoms with Crippen LogP contribution in [0.1, 0.15) is 119 Å². The van der Waals surface area contributed by atoms with E-state index in [1.165, 1.54) is 38.5 Å². The van der Waals surface area contributed by atoms with Gasteiger partial charge in [0.15, 0.2) is 0 Å². The van der Waals surface area contributed by atoms with Gasteiger partial charge in [0.1, 0.15) is 0 Å². The summed E-state index contributed by atoms with van der Waals surface area (Å²) in [6.45, 7) is 14.7. The van der Waals surface area contributed by atoms with Crippen molar-refractivity contribution < 1.29 is 0 Å². The van der Waals surface area contributed by atoms with Crippen molar-refractivity contribution in [1.29, 1.82) is 0 Å². The van der Waals surface area contributed by atoms with Gasteiger partial charge in [0.2, 0.25) is 0 Å². The first kappa shape index (κ1) is 27.1. The Balaban J connectivity index is 5.95. The molecule has 0 unspecified atom stereocenters. The van der Waals surface area contributed by atoms with Crippen LogP contribution < -0.4 is 0 Å². The summed E-state index contributed by atoms with van der Waals surface area (Å²) in [5.74, 6) is 0. The SMILES string of the molecule is CCC[CH2][Ge]([CH2]CCC)([CH2]CCC)[Ge]([CH2]CCC)([CH2]CCC)[CH2]CCC. The van der Waals surface area contributed by atoms with Gasteiger partial charge in [0.05, 0.1) is 0 Å². The van der Waals surface area contributed by atoms with Gasteiger partial charge < -0.3 is 0 Å². The van der Waals surface area contributed by atoms with Crippen molar-refractivity contribution >= 4 is 22.6 Å². The van der Waals surface area contributed by atoms with Crippen molar-refractivity contribution in [3.63, 3.8) is 0 Å². The van der Waals surface area contributed by atoms with Crippen LogP contribution in [0.15, 0.2) is 0 Å². The first-order valence-electron chi connectivity index (χ1n) is 12.6. The molecule has 2 heteroatoms. The summed E-state index contributed by atoms with van der Waals surface area (Å²) in [7, 11) is 0. The van der Waals surface area contributed by atoms with E-state index in [0.29, 0.717) is 0 Å². The number of rotatable bonds is 19. The third-order valence-corrected chi connectivity index (χ3v) is 69.3. The zero-order chi connectivity index (χ0) is 19.7. The Morgan fingerprint density at radius 1 is 0.308 bits per heavy atom. The van der Waals surface area contributed by atoms with Gasteiger partial charge in [0.25, 0.3) is 0 Å². The van der Waals surface area contributed by atoms with E-state index in [1.54, 1.807) is 70.0 Å². The molecule has 0 fully saturated rings. The molecule has 0 spiro atoms. The molecule has 0 aliphatic carbocycles. The van der Waals surface area contributed by atoms with Gasteiger partial charge in [0, 0.05) is 0 Å². The number of hydrogen-bond acceptors (Lipinski definition) is 0. The van der Waals surface area contributed by atoms with Crippen LogP contribution in [0.4, 0.5) is 0 Å². The summed E-state index contributed by atoms with van der Waals surface area (Å²) in [5, 5.41) is 10.6. The molecule has 0 nitrogen and oxygen atoms in total. The Labute approximate surface area is 172 Å². The van der Waals surface area contributed by atoms with E-state index in [9.17, 15) is 0 Å². The van der Waals surface area contributed by atoms with E-state index in [1.807, 2.05) is 0 Å². The van der Waals surface area contributed by atoms with Crippen molar-refractivity contribution in [3.05, 3.63) is 0 Å². The Morgan fingerprint density at radius 3 is 0.577 bits per heavy atom. The summed E-state index contributed by atoms with van der Waals surface area (Å²) in [6, 6.07) is 0. The third kappa shape index (κ3) is 9.06. The normalized spacial score (nSPS) is 12.7. The number of unbranched alkanes of at least 4 members (excludes halogenated alkanes) is 6. The Morgan fingerprint density at radius 2 is 0.462 bits per heavy atom. The zero-order valence-corrected chi connectivity index (χ0v) is 23.9. The quantitative estimate of drug-likeness (QED) is 0.159. The summed E-state index contributed by atoms with van der Waals surface area (Å²) < 4.78 is 0. The standard InChI is InChI=1S/C24H54Ge2/c1-7-13-19-25(20-14-8-2,21-15-9-3)26(22-16-10-4,23-17-11-5)24-18-12-6/h7-24H2,1-6H3. The van der Waals surface area contributed by atoms with Gasteiger partial charge in [-0.25, -0.2) is 0 Å². The van der Waals surface area contributed by atoms with Gasteiger partial charge in [-0.15, -0.1) is 0 Å². The molecule has 0 heterocycles. The van der Waals surface area contributed by atoms with Crippen LogP contribution in [0.25, 0.3) is 0 Å². The second-order valence-electron chi connectivity index (χ2n) is 9.18. The molecule has 26 heavy (non-hydrogen) atoms. The fraction of sp³-hybridized carbons (Fsp3) is 1.00. The molecule has 0 aliphatic heterocycles. The van der Waals surface area contributed by atoms with Crippen molar-refractivity contribution in [3.8, 4) is 0 Å². The molecule has 0 aromatic heterocycles. The van der Waals surface area contributed by atoms with Crippen LogP contribution in [-0.2, 0) is 0 Å². The van der Waals surface area contributed by atoms with E-state index in [4.69, 9.17) is 0 Å². The average molecular weight is 488 g/mol. The molecule has 0 saturated carbocycles.